The summed E-state index contributed by atoms with van der Waals surface area (Å²) >= 11 is 0. The topological polar surface area (TPSA) is 83.3 Å². The van der Waals surface area contributed by atoms with Crippen LogP contribution in [0.1, 0.15) is 25.6 Å². The highest BCUT2D eigenvalue weighted by Gasteiger charge is 2.30. The van der Waals surface area contributed by atoms with Crippen molar-refractivity contribution in [3.05, 3.63) is 11.9 Å². The van der Waals surface area contributed by atoms with Crippen LogP contribution in [0.2, 0.25) is 0 Å². The highest BCUT2D eigenvalue weighted by molar-refractivity contribution is 5.80. The van der Waals surface area contributed by atoms with Crippen molar-refractivity contribution in [3.63, 3.8) is 0 Å². The van der Waals surface area contributed by atoms with E-state index in [1.54, 1.807) is 10.9 Å². The van der Waals surface area contributed by atoms with Gasteiger partial charge in [0.05, 0.1) is 5.69 Å². The average molecular weight is 317 g/mol. The second-order valence-corrected chi connectivity index (χ2v) is 5.43. The fourth-order valence-electron chi connectivity index (χ4n) is 2.45. The van der Waals surface area contributed by atoms with Gasteiger partial charge < -0.3 is 27.7 Å². The lowest BCUT2D eigenvalue weighted by atomic mass is 10.0. The minimum Gasteiger partial charge on any atom is -1.00 e. The van der Waals surface area contributed by atoms with Crippen molar-refractivity contribution in [2.24, 2.45) is 5.92 Å². The lowest BCUT2D eigenvalue weighted by Gasteiger charge is -2.32. The Bertz CT molecular complexity index is 446. The SMILES string of the molecule is CC(C)[C@@H](C(=O)N1CCNCC1)n1cc(CCO)nn1.[Cl-]. The number of carbonyl (C=O) groups is 1. The minimum atomic E-state index is -0.326. The Morgan fingerprint density at radius 3 is 2.67 bits per heavy atom. The molecule has 1 fully saturated rings. The van der Waals surface area contributed by atoms with Crippen LogP contribution < -0.4 is 17.7 Å². The zero-order valence-corrected chi connectivity index (χ0v) is 13.3. The quantitative estimate of drug-likeness (QED) is 0.588. The highest BCUT2D eigenvalue weighted by Crippen LogP contribution is 2.20. The number of aliphatic hydroxyl groups is 1. The van der Waals surface area contributed by atoms with Crippen LogP contribution in [-0.2, 0) is 11.2 Å². The molecule has 2 rings (SSSR count). The van der Waals surface area contributed by atoms with Crippen LogP contribution in [0.25, 0.3) is 0 Å². The van der Waals surface area contributed by atoms with Crippen molar-refractivity contribution >= 4 is 5.91 Å². The first-order chi connectivity index (χ1) is 9.63. The molecule has 2 N–H and O–H groups in total. The smallest absolute Gasteiger partial charge is 0.247 e. The van der Waals surface area contributed by atoms with Gasteiger partial charge in [-0.15, -0.1) is 5.10 Å². The van der Waals surface area contributed by atoms with Gasteiger partial charge in [-0.1, -0.05) is 19.1 Å². The summed E-state index contributed by atoms with van der Waals surface area (Å²) in [6.45, 7) is 7.21. The van der Waals surface area contributed by atoms with E-state index in [0.717, 1.165) is 26.2 Å². The van der Waals surface area contributed by atoms with Gasteiger partial charge in [-0.3, -0.25) is 4.79 Å². The summed E-state index contributed by atoms with van der Waals surface area (Å²) in [6.07, 6.45) is 2.23. The maximum Gasteiger partial charge on any atom is 0.247 e. The van der Waals surface area contributed by atoms with Crippen molar-refractivity contribution in [2.75, 3.05) is 32.8 Å². The van der Waals surface area contributed by atoms with Crippen molar-refractivity contribution in [1.29, 1.82) is 0 Å². The lowest BCUT2D eigenvalue weighted by Crippen LogP contribution is -3.00. The molecule has 0 bridgehead atoms. The fourth-order valence-corrected chi connectivity index (χ4v) is 2.45. The van der Waals surface area contributed by atoms with Crippen molar-refractivity contribution in [2.45, 2.75) is 26.3 Å². The van der Waals surface area contributed by atoms with E-state index in [9.17, 15) is 4.79 Å². The van der Waals surface area contributed by atoms with E-state index in [1.165, 1.54) is 0 Å². The Kier molecular flexibility index (Phi) is 7.07. The number of halogens is 1. The maximum absolute atomic E-state index is 12.7. The molecule has 7 nitrogen and oxygen atoms in total. The molecule has 1 saturated heterocycles. The number of aliphatic hydroxyl groups excluding tert-OH is 1. The van der Waals surface area contributed by atoms with Gasteiger partial charge in [0, 0.05) is 45.4 Å². The maximum atomic E-state index is 12.7. The molecule has 1 aromatic rings. The molecule has 0 saturated carbocycles. The lowest BCUT2D eigenvalue weighted by molar-refractivity contribution is -0.137. The van der Waals surface area contributed by atoms with Crippen molar-refractivity contribution in [1.82, 2.24) is 25.2 Å². The number of aromatic nitrogens is 3. The van der Waals surface area contributed by atoms with Crippen LogP contribution in [0.15, 0.2) is 6.20 Å². The number of nitrogens with one attached hydrogen (secondary N) is 1. The molecule has 21 heavy (non-hydrogen) atoms. The largest absolute Gasteiger partial charge is 1.00 e. The van der Waals surface area contributed by atoms with E-state index >= 15 is 0 Å². The van der Waals surface area contributed by atoms with Gasteiger partial charge in [-0.05, 0) is 5.92 Å². The normalized spacial score (nSPS) is 16.7. The van der Waals surface area contributed by atoms with E-state index in [2.05, 4.69) is 15.6 Å². The number of nitrogens with zero attached hydrogens (tertiary/aromatic N) is 4. The Balaban J connectivity index is 0.00000220. The molecule has 0 unspecified atom stereocenters. The first-order valence-electron chi connectivity index (χ1n) is 7.14. The molecule has 2 heterocycles. The van der Waals surface area contributed by atoms with Gasteiger partial charge in [0.25, 0.3) is 0 Å². The van der Waals surface area contributed by atoms with Crippen molar-refractivity contribution < 1.29 is 22.3 Å². The predicted octanol–water partition coefficient (Wildman–Crippen LogP) is -3.55. The molecule has 8 heteroatoms. The van der Waals surface area contributed by atoms with E-state index in [-0.39, 0.29) is 36.9 Å². The van der Waals surface area contributed by atoms with Crippen LogP contribution in [-0.4, -0.2) is 63.7 Å². The summed E-state index contributed by atoms with van der Waals surface area (Å²) < 4.78 is 1.64. The number of hydrogen-bond donors (Lipinski definition) is 2. The zero-order valence-electron chi connectivity index (χ0n) is 12.5. The number of rotatable bonds is 5. The number of hydrogen-bond acceptors (Lipinski definition) is 5. The second kappa shape index (κ2) is 8.31. The van der Waals surface area contributed by atoms with Crippen LogP contribution in [0.3, 0.4) is 0 Å². The highest BCUT2D eigenvalue weighted by atomic mass is 35.5. The van der Waals surface area contributed by atoms with Gasteiger partial charge in [-0.2, -0.15) is 0 Å². The zero-order chi connectivity index (χ0) is 14.5. The fraction of sp³-hybridized carbons (Fsp3) is 0.769. The van der Waals surface area contributed by atoms with Crippen LogP contribution in [0.5, 0.6) is 0 Å². The monoisotopic (exact) mass is 316 g/mol. The molecule has 0 aliphatic carbocycles. The van der Waals surface area contributed by atoms with Crippen LogP contribution in [0.4, 0.5) is 0 Å². The van der Waals surface area contributed by atoms with E-state index in [4.69, 9.17) is 5.11 Å². The third-order valence-electron chi connectivity index (χ3n) is 3.52. The van der Waals surface area contributed by atoms with E-state index in [0.29, 0.717) is 12.1 Å². The van der Waals surface area contributed by atoms with Gasteiger partial charge in [0.15, 0.2) is 0 Å². The molecule has 120 valence electrons. The van der Waals surface area contributed by atoms with Crippen LogP contribution >= 0.6 is 0 Å². The predicted molar refractivity (Wildman–Crippen MR) is 74.1 cm³/mol. The molecule has 1 aromatic heterocycles. The molecule has 0 aromatic carbocycles. The summed E-state index contributed by atoms with van der Waals surface area (Å²) in [4.78, 5) is 14.6. The number of amides is 1. The molecular weight excluding hydrogens is 294 g/mol. The summed E-state index contributed by atoms with van der Waals surface area (Å²) in [7, 11) is 0. The minimum absolute atomic E-state index is 0. The van der Waals surface area contributed by atoms with E-state index in [1.807, 2.05) is 18.7 Å². The van der Waals surface area contributed by atoms with Crippen molar-refractivity contribution in [3.8, 4) is 0 Å². The molecule has 0 radical (unpaired) electrons. The average Bonchev–Trinajstić information content (AvgIpc) is 2.88. The molecule has 1 aliphatic rings. The third kappa shape index (κ3) is 4.39. The standard InChI is InChI=1S/C13H23N5O2.ClH/c1-10(2)12(13(20)17-6-4-14-5-7-17)18-9-11(3-8-19)15-16-18;/h9-10,12,14,19H,3-8H2,1-2H3;1H/p-1/t12-;/m0./s1. The number of carbonyl (C=O) groups excluding carboxylic acids is 1. The first kappa shape index (κ1) is 17.9. The number of piperazine rings is 1. The molecule has 1 amide bonds. The summed E-state index contributed by atoms with van der Waals surface area (Å²) in [5, 5.41) is 20.2. The Hall–Kier alpha value is -1.18. The van der Waals surface area contributed by atoms with Gasteiger partial charge in [0.1, 0.15) is 6.04 Å². The van der Waals surface area contributed by atoms with Gasteiger partial charge >= 0.3 is 0 Å². The van der Waals surface area contributed by atoms with Gasteiger partial charge in [-0.25, -0.2) is 4.68 Å². The van der Waals surface area contributed by atoms with Gasteiger partial charge in [0.2, 0.25) is 5.91 Å². The Labute approximate surface area is 131 Å². The summed E-state index contributed by atoms with van der Waals surface area (Å²) in [6, 6.07) is -0.326. The second-order valence-electron chi connectivity index (χ2n) is 5.43. The Morgan fingerprint density at radius 2 is 2.10 bits per heavy atom. The molecular formula is C13H23ClN5O2-. The molecule has 0 spiro atoms. The van der Waals surface area contributed by atoms with E-state index < -0.39 is 0 Å². The molecule has 1 aliphatic heterocycles. The Morgan fingerprint density at radius 1 is 1.43 bits per heavy atom. The summed E-state index contributed by atoms with van der Waals surface area (Å²) in [5.74, 6) is 0.239. The summed E-state index contributed by atoms with van der Waals surface area (Å²) in [5.41, 5.74) is 0.714. The molecule has 1 atom stereocenters. The first-order valence-corrected chi connectivity index (χ1v) is 7.14. The van der Waals surface area contributed by atoms with Crippen LogP contribution in [0, 0.1) is 5.92 Å². The third-order valence-corrected chi connectivity index (χ3v) is 3.52.